The smallest absolute Gasteiger partial charge is 0.231 e. The summed E-state index contributed by atoms with van der Waals surface area (Å²) in [6.45, 7) is 2.16. The summed E-state index contributed by atoms with van der Waals surface area (Å²) in [6.07, 6.45) is 4.17. The van der Waals surface area contributed by atoms with E-state index in [1.807, 2.05) is 19.1 Å². The minimum absolute atomic E-state index is 0.225. The second-order valence-electron chi connectivity index (χ2n) is 5.71. The molecule has 0 unspecified atom stereocenters. The first kappa shape index (κ1) is 14.6. The predicted molar refractivity (Wildman–Crippen MR) is 91.3 cm³/mol. The number of hydrogen-bond donors (Lipinski definition) is 0. The van der Waals surface area contributed by atoms with Crippen molar-refractivity contribution in [2.75, 3.05) is 6.79 Å². The van der Waals surface area contributed by atoms with Crippen LogP contribution in [0.3, 0.4) is 0 Å². The van der Waals surface area contributed by atoms with E-state index >= 15 is 0 Å². The number of ether oxygens (including phenoxy) is 2. The molecule has 0 bridgehead atoms. The molecule has 0 N–H and O–H groups in total. The highest BCUT2D eigenvalue weighted by Crippen LogP contribution is 2.36. The van der Waals surface area contributed by atoms with Crippen molar-refractivity contribution in [3.8, 4) is 11.5 Å². The normalized spacial score (nSPS) is 15.8. The maximum atomic E-state index is 13.8. The van der Waals surface area contributed by atoms with Crippen molar-refractivity contribution >= 4 is 17.5 Å². The molecule has 24 heavy (non-hydrogen) atoms. The minimum atomic E-state index is -0.270. The standard InChI is InChI=1S/C19H15FN2O2/c1-12-8-14-9-18-19(24-11-23-18)10-15(14)17(22-21-12)7-6-13-4-2-3-5-16(13)20/h2-7,9-10H,8,11H2,1H3. The van der Waals surface area contributed by atoms with Crippen LogP contribution in [0.5, 0.6) is 11.5 Å². The molecule has 0 fully saturated rings. The van der Waals surface area contributed by atoms with Gasteiger partial charge in [-0.2, -0.15) is 10.2 Å². The molecule has 2 aliphatic heterocycles. The molecule has 4 nitrogen and oxygen atoms in total. The third-order valence-corrected chi connectivity index (χ3v) is 3.98. The Morgan fingerprint density at radius 3 is 2.67 bits per heavy atom. The van der Waals surface area contributed by atoms with E-state index < -0.39 is 0 Å². The zero-order valence-corrected chi connectivity index (χ0v) is 13.1. The van der Waals surface area contributed by atoms with Gasteiger partial charge < -0.3 is 9.47 Å². The Morgan fingerprint density at radius 2 is 1.83 bits per heavy atom. The Balaban J connectivity index is 1.77. The van der Waals surface area contributed by atoms with Crippen LogP contribution in [0.4, 0.5) is 4.39 Å². The summed E-state index contributed by atoms with van der Waals surface area (Å²) < 4.78 is 24.7. The highest BCUT2D eigenvalue weighted by molar-refractivity contribution is 6.13. The van der Waals surface area contributed by atoms with Gasteiger partial charge in [0.05, 0.1) is 5.71 Å². The van der Waals surface area contributed by atoms with Crippen molar-refractivity contribution in [2.45, 2.75) is 13.3 Å². The highest BCUT2D eigenvalue weighted by atomic mass is 19.1. The van der Waals surface area contributed by atoms with Gasteiger partial charge in [-0.1, -0.05) is 18.2 Å². The van der Waals surface area contributed by atoms with Crippen LogP contribution >= 0.6 is 0 Å². The summed E-state index contributed by atoms with van der Waals surface area (Å²) in [4.78, 5) is 0. The number of allylic oxidation sites excluding steroid dienone is 1. The number of rotatable bonds is 2. The number of benzene rings is 2. The van der Waals surface area contributed by atoms with Crippen molar-refractivity contribution in [1.29, 1.82) is 0 Å². The lowest BCUT2D eigenvalue weighted by atomic mass is 9.97. The number of nitrogens with zero attached hydrogens (tertiary/aromatic N) is 2. The van der Waals surface area contributed by atoms with E-state index in [0.717, 1.165) is 22.6 Å². The molecule has 2 heterocycles. The van der Waals surface area contributed by atoms with E-state index in [2.05, 4.69) is 10.2 Å². The molecule has 4 rings (SSSR count). The van der Waals surface area contributed by atoms with Crippen molar-refractivity contribution in [2.24, 2.45) is 10.2 Å². The molecule has 2 aromatic carbocycles. The first-order chi connectivity index (χ1) is 11.7. The van der Waals surface area contributed by atoms with Crippen LogP contribution in [-0.2, 0) is 6.42 Å². The van der Waals surface area contributed by atoms with E-state index in [1.165, 1.54) is 6.07 Å². The van der Waals surface area contributed by atoms with E-state index in [4.69, 9.17) is 9.47 Å². The molecule has 0 aromatic heterocycles. The van der Waals surface area contributed by atoms with Gasteiger partial charge in [0, 0.05) is 23.3 Å². The van der Waals surface area contributed by atoms with Crippen LogP contribution in [0.15, 0.2) is 52.7 Å². The van der Waals surface area contributed by atoms with Gasteiger partial charge >= 0.3 is 0 Å². The lowest BCUT2D eigenvalue weighted by Crippen LogP contribution is -2.03. The van der Waals surface area contributed by atoms with Crippen molar-refractivity contribution in [1.82, 2.24) is 0 Å². The molecule has 0 atom stereocenters. The fourth-order valence-electron chi connectivity index (χ4n) is 2.77. The number of hydrogen-bond acceptors (Lipinski definition) is 4. The highest BCUT2D eigenvalue weighted by Gasteiger charge is 2.20. The van der Waals surface area contributed by atoms with Crippen molar-refractivity contribution in [3.63, 3.8) is 0 Å². The van der Waals surface area contributed by atoms with Gasteiger partial charge in [0.1, 0.15) is 5.82 Å². The largest absolute Gasteiger partial charge is 0.454 e. The third kappa shape index (κ3) is 2.69. The topological polar surface area (TPSA) is 43.2 Å². The lowest BCUT2D eigenvalue weighted by molar-refractivity contribution is 0.174. The van der Waals surface area contributed by atoms with E-state index in [0.29, 0.717) is 23.4 Å². The molecule has 0 radical (unpaired) electrons. The summed E-state index contributed by atoms with van der Waals surface area (Å²) in [5.74, 6) is 1.16. The first-order valence-corrected chi connectivity index (χ1v) is 7.67. The average molecular weight is 322 g/mol. The Bertz CT molecular complexity index is 900. The molecule has 0 aliphatic carbocycles. The monoisotopic (exact) mass is 322 g/mol. The van der Waals surface area contributed by atoms with Crippen LogP contribution < -0.4 is 9.47 Å². The van der Waals surface area contributed by atoms with Gasteiger partial charge in [0.25, 0.3) is 0 Å². The molecule has 0 spiro atoms. The molecule has 2 aliphatic rings. The van der Waals surface area contributed by atoms with Crippen LogP contribution in [0, 0.1) is 5.82 Å². The molecule has 2 aromatic rings. The van der Waals surface area contributed by atoms with Crippen LogP contribution in [0.2, 0.25) is 0 Å². The van der Waals surface area contributed by atoms with Crippen molar-refractivity contribution in [3.05, 3.63) is 65.0 Å². The van der Waals surface area contributed by atoms with Crippen LogP contribution in [-0.4, -0.2) is 18.2 Å². The third-order valence-electron chi connectivity index (χ3n) is 3.98. The van der Waals surface area contributed by atoms with Gasteiger partial charge in [-0.05, 0) is 42.8 Å². The van der Waals surface area contributed by atoms with E-state index in [1.54, 1.807) is 30.4 Å². The Hall–Kier alpha value is -2.95. The first-order valence-electron chi connectivity index (χ1n) is 7.67. The number of fused-ring (bicyclic) bond motifs is 2. The molecule has 120 valence electrons. The predicted octanol–water partition coefficient (Wildman–Crippen LogP) is 3.99. The summed E-state index contributed by atoms with van der Waals surface area (Å²) in [5.41, 5.74) is 4.07. The molecular formula is C19H15FN2O2. The van der Waals surface area contributed by atoms with Gasteiger partial charge in [-0.15, -0.1) is 0 Å². The van der Waals surface area contributed by atoms with Gasteiger partial charge in [0.15, 0.2) is 11.5 Å². The Kier molecular flexibility index (Phi) is 3.61. The summed E-state index contributed by atoms with van der Waals surface area (Å²) in [7, 11) is 0. The minimum Gasteiger partial charge on any atom is -0.454 e. The maximum Gasteiger partial charge on any atom is 0.231 e. The van der Waals surface area contributed by atoms with Crippen LogP contribution in [0.25, 0.3) is 6.08 Å². The quantitative estimate of drug-likeness (QED) is 0.839. The summed E-state index contributed by atoms with van der Waals surface area (Å²) in [5, 5.41) is 8.55. The molecule has 0 saturated carbocycles. The van der Waals surface area contributed by atoms with E-state index in [-0.39, 0.29) is 12.6 Å². The van der Waals surface area contributed by atoms with E-state index in [9.17, 15) is 4.39 Å². The summed E-state index contributed by atoms with van der Waals surface area (Å²) >= 11 is 0. The maximum absolute atomic E-state index is 13.8. The molecule has 0 saturated heterocycles. The average Bonchev–Trinajstić information content (AvgIpc) is 2.97. The van der Waals surface area contributed by atoms with Crippen LogP contribution in [0.1, 0.15) is 23.6 Å². The Morgan fingerprint density at radius 1 is 1.04 bits per heavy atom. The van der Waals surface area contributed by atoms with Gasteiger partial charge in [-0.25, -0.2) is 4.39 Å². The Labute approximate surface area is 138 Å². The zero-order valence-electron chi connectivity index (χ0n) is 13.1. The second kappa shape index (κ2) is 5.92. The fourth-order valence-corrected chi connectivity index (χ4v) is 2.77. The number of halogens is 1. The van der Waals surface area contributed by atoms with Crippen molar-refractivity contribution < 1.29 is 13.9 Å². The second-order valence-corrected chi connectivity index (χ2v) is 5.71. The van der Waals surface area contributed by atoms with Gasteiger partial charge in [0.2, 0.25) is 6.79 Å². The lowest BCUT2D eigenvalue weighted by Gasteiger charge is -2.08. The molecule has 0 amide bonds. The zero-order chi connectivity index (χ0) is 16.5. The summed E-state index contributed by atoms with van der Waals surface area (Å²) in [6, 6.07) is 10.5. The molecule has 5 heteroatoms. The van der Waals surface area contributed by atoms with Gasteiger partial charge in [-0.3, -0.25) is 0 Å². The SMILES string of the molecule is CC1=NN=C(C=Cc2ccccc2F)c2cc3c(cc2C1)OCO3. The molecular weight excluding hydrogens is 307 g/mol. The fraction of sp³-hybridized carbons (Fsp3) is 0.158.